The highest BCUT2D eigenvalue weighted by atomic mass is 31.2. The lowest BCUT2D eigenvalue weighted by Crippen LogP contribution is -2.36. The summed E-state index contributed by atoms with van der Waals surface area (Å²) in [4.78, 5) is 0. The quantitative estimate of drug-likeness (QED) is 0.334. The zero-order valence-electron chi connectivity index (χ0n) is 22.1. The molecule has 196 valence electrons. The summed E-state index contributed by atoms with van der Waals surface area (Å²) in [6, 6.07) is 0. The van der Waals surface area contributed by atoms with Crippen LogP contribution >= 0.6 is 14.3 Å². The maximum atomic E-state index is 15.2. The van der Waals surface area contributed by atoms with Crippen molar-refractivity contribution in [1.29, 1.82) is 0 Å². The summed E-state index contributed by atoms with van der Waals surface area (Å²) < 4.78 is 30.3. The molecule has 5 rings (SSSR count). The van der Waals surface area contributed by atoms with Crippen molar-refractivity contribution in [3.63, 3.8) is 0 Å². The van der Waals surface area contributed by atoms with Gasteiger partial charge in [0.15, 0.2) is 0 Å². The fourth-order valence-corrected chi connectivity index (χ4v) is 20.1. The van der Waals surface area contributed by atoms with Crippen LogP contribution in [0.25, 0.3) is 0 Å². The molecule has 0 atom stereocenters. The summed E-state index contributed by atoms with van der Waals surface area (Å²) in [6.07, 6.45) is 30.5. The summed E-state index contributed by atoms with van der Waals surface area (Å²) >= 11 is 0. The standard InChI is InChI=1S/C30H54O2P2/c31-33(25-13-5-1-6-14-25,26-15-7-2-8-16-26)29-21-23-30(24-22-29)34(32,27-17-9-3-10-18-27)28-19-11-4-12-20-28/h25-30H,1-24H2. The number of hydrogen-bond acceptors (Lipinski definition) is 2. The molecule has 34 heavy (non-hydrogen) atoms. The molecule has 4 heteroatoms. The molecular weight excluding hydrogens is 454 g/mol. The fraction of sp³-hybridized carbons (Fsp3) is 1.00. The van der Waals surface area contributed by atoms with Crippen molar-refractivity contribution in [1.82, 2.24) is 0 Å². The van der Waals surface area contributed by atoms with Crippen LogP contribution in [-0.2, 0) is 9.13 Å². The molecule has 0 aromatic heterocycles. The van der Waals surface area contributed by atoms with E-state index in [-0.39, 0.29) is 0 Å². The third kappa shape index (κ3) is 5.22. The van der Waals surface area contributed by atoms with Crippen molar-refractivity contribution in [2.75, 3.05) is 0 Å². The van der Waals surface area contributed by atoms with E-state index in [2.05, 4.69) is 0 Å². The molecule has 2 nitrogen and oxygen atoms in total. The monoisotopic (exact) mass is 508 g/mol. The Hall–Kier alpha value is 0.460. The minimum atomic E-state index is -2.18. The summed E-state index contributed by atoms with van der Waals surface area (Å²) in [7, 11) is -4.36. The molecule has 0 aliphatic heterocycles. The van der Waals surface area contributed by atoms with Gasteiger partial charge in [0.1, 0.15) is 0 Å². The smallest absolute Gasteiger partial charge is 0.0965 e. The highest BCUT2D eigenvalue weighted by Gasteiger charge is 2.51. The second kappa shape index (κ2) is 11.9. The number of rotatable bonds is 6. The Balaban J connectivity index is 1.34. The summed E-state index contributed by atoms with van der Waals surface area (Å²) in [6.45, 7) is 0. The van der Waals surface area contributed by atoms with Crippen molar-refractivity contribution >= 4 is 14.3 Å². The van der Waals surface area contributed by atoms with Crippen molar-refractivity contribution < 1.29 is 9.13 Å². The van der Waals surface area contributed by atoms with E-state index in [0.717, 1.165) is 25.7 Å². The minimum absolute atomic E-state index is 0.473. The Labute approximate surface area is 211 Å². The molecule has 0 N–H and O–H groups in total. The van der Waals surface area contributed by atoms with E-state index < -0.39 is 14.3 Å². The molecule has 0 bridgehead atoms. The molecule has 5 aliphatic rings. The molecule has 0 saturated heterocycles. The zero-order chi connectivity index (χ0) is 23.4. The van der Waals surface area contributed by atoms with Crippen molar-refractivity contribution in [3.05, 3.63) is 0 Å². The normalized spacial score (nSPS) is 32.6. The molecule has 5 aliphatic carbocycles. The molecule has 0 aromatic carbocycles. The van der Waals surface area contributed by atoms with Crippen LogP contribution in [0.1, 0.15) is 154 Å². The van der Waals surface area contributed by atoms with Crippen LogP contribution in [0.15, 0.2) is 0 Å². The van der Waals surface area contributed by atoms with Gasteiger partial charge in [0, 0.05) is 34.0 Å². The van der Waals surface area contributed by atoms with E-state index in [4.69, 9.17) is 0 Å². The first kappa shape index (κ1) is 26.1. The van der Waals surface area contributed by atoms with Crippen LogP contribution < -0.4 is 0 Å². The van der Waals surface area contributed by atoms with Gasteiger partial charge in [-0.05, 0) is 77.0 Å². The Morgan fingerprint density at radius 3 is 0.647 bits per heavy atom. The molecule has 0 heterocycles. The van der Waals surface area contributed by atoms with Gasteiger partial charge in [0.25, 0.3) is 0 Å². The van der Waals surface area contributed by atoms with Crippen LogP contribution in [0.2, 0.25) is 0 Å². The van der Waals surface area contributed by atoms with E-state index in [1.54, 1.807) is 0 Å². The third-order valence-electron chi connectivity index (χ3n) is 11.4. The van der Waals surface area contributed by atoms with Crippen LogP contribution in [0.3, 0.4) is 0 Å². The zero-order valence-corrected chi connectivity index (χ0v) is 23.9. The van der Waals surface area contributed by atoms with E-state index in [0.29, 0.717) is 34.0 Å². The minimum Gasteiger partial charge on any atom is -0.323 e. The number of hydrogen-bond donors (Lipinski definition) is 0. The Kier molecular flexibility index (Phi) is 9.12. The molecular formula is C30H54O2P2. The van der Waals surface area contributed by atoms with E-state index in [1.165, 1.54) is 128 Å². The van der Waals surface area contributed by atoms with Gasteiger partial charge in [0.05, 0.1) is 14.3 Å². The van der Waals surface area contributed by atoms with Crippen LogP contribution in [-0.4, -0.2) is 34.0 Å². The first-order valence-electron chi connectivity index (χ1n) is 15.8. The summed E-state index contributed by atoms with van der Waals surface area (Å²) in [5.74, 6) is 0. The van der Waals surface area contributed by atoms with Crippen molar-refractivity contribution in [3.8, 4) is 0 Å². The van der Waals surface area contributed by atoms with E-state index >= 15 is 9.13 Å². The highest BCUT2D eigenvalue weighted by Crippen LogP contribution is 2.72. The van der Waals surface area contributed by atoms with Gasteiger partial charge in [-0.3, -0.25) is 0 Å². The van der Waals surface area contributed by atoms with Gasteiger partial charge in [0.2, 0.25) is 0 Å². The lowest BCUT2D eigenvalue weighted by Gasteiger charge is -2.48. The average molecular weight is 509 g/mol. The van der Waals surface area contributed by atoms with Gasteiger partial charge in [-0.25, -0.2) is 0 Å². The largest absolute Gasteiger partial charge is 0.323 e. The molecule has 0 amide bonds. The predicted octanol–water partition coefficient (Wildman–Crippen LogP) is 10.4. The Morgan fingerprint density at radius 2 is 0.441 bits per heavy atom. The summed E-state index contributed by atoms with van der Waals surface area (Å²) in [5.41, 5.74) is 3.09. The highest BCUT2D eigenvalue weighted by molar-refractivity contribution is 7.66. The second-order valence-corrected chi connectivity index (χ2v) is 20.6. The average Bonchev–Trinajstić information content (AvgIpc) is 2.94. The van der Waals surface area contributed by atoms with Gasteiger partial charge in [-0.2, -0.15) is 0 Å². The van der Waals surface area contributed by atoms with Crippen LogP contribution in [0, 0.1) is 0 Å². The van der Waals surface area contributed by atoms with Gasteiger partial charge < -0.3 is 9.13 Å². The van der Waals surface area contributed by atoms with Crippen LogP contribution in [0.4, 0.5) is 0 Å². The molecule has 0 aromatic rings. The molecule has 0 radical (unpaired) electrons. The van der Waals surface area contributed by atoms with Gasteiger partial charge in [-0.15, -0.1) is 0 Å². The maximum absolute atomic E-state index is 15.2. The molecule has 5 saturated carbocycles. The van der Waals surface area contributed by atoms with E-state index in [1.807, 2.05) is 0 Å². The van der Waals surface area contributed by atoms with E-state index in [9.17, 15) is 0 Å². The molecule has 0 unspecified atom stereocenters. The first-order chi connectivity index (χ1) is 16.6. The lowest BCUT2D eigenvalue weighted by atomic mass is 9.98. The topological polar surface area (TPSA) is 34.1 Å². The molecule has 0 spiro atoms. The van der Waals surface area contributed by atoms with Gasteiger partial charge >= 0.3 is 0 Å². The lowest BCUT2D eigenvalue weighted by molar-refractivity contribution is 0.402. The SMILES string of the molecule is O=P(C1CCCCC1)(C1CCCCC1)C1CCC(P(=O)(C2CCCCC2)C2CCCCC2)CC1. The molecule has 5 fully saturated rings. The fourth-order valence-electron chi connectivity index (χ4n) is 9.59. The van der Waals surface area contributed by atoms with Crippen molar-refractivity contribution in [2.24, 2.45) is 0 Å². The van der Waals surface area contributed by atoms with Crippen LogP contribution in [0.5, 0.6) is 0 Å². The second-order valence-electron chi connectivity index (χ2n) is 13.2. The van der Waals surface area contributed by atoms with Gasteiger partial charge in [-0.1, -0.05) is 77.0 Å². The summed E-state index contributed by atoms with van der Waals surface area (Å²) in [5, 5.41) is 0. The third-order valence-corrected chi connectivity index (χ3v) is 21.3. The van der Waals surface area contributed by atoms with Crippen molar-refractivity contribution in [2.45, 2.75) is 188 Å². The first-order valence-corrected chi connectivity index (χ1v) is 19.6. The Bertz CT molecular complexity index is 610. The maximum Gasteiger partial charge on any atom is 0.0965 e. The predicted molar refractivity (Wildman–Crippen MR) is 149 cm³/mol. The Morgan fingerprint density at radius 1 is 0.265 bits per heavy atom.